The Morgan fingerprint density at radius 3 is 1.65 bits per heavy atom. The lowest BCUT2D eigenvalue weighted by molar-refractivity contribution is -0.146. The van der Waals surface area contributed by atoms with Crippen LogP contribution in [0.2, 0.25) is 0 Å². The van der Waals surface area contributed by atoms with E-state index in [0.717, 1.165) is 5.56 Å². The predicted molar refractivity (Wildman–Crippen MR) is 122 cm³/mol. The van der Waals surface area contributed by atoms with Crippen LogP contribution in [-0.4, -0.2) is 105 Å². The van der Waals surface area contributed by atoms with Crippen LogP contribution in [0, 0.1) is 0 Å². The van der Waals surface area contributed by atoms with Crippen molar-refractivity contribution in [3.05, 3.63) is 35.9 Å². The van der Waals surface area contributed by atoms with Crippen LogP contribution in [-0.2, 0) is 49.3 Å². The molecule has 0 aliphatic rings. The Bertz CT molecular complexity index is 617. The zero-order valence-corrected chi connectivity index (χ0v) is 19.9. The first-order valence-electron chi connectivity index (χ1n) is 11.2. The third-order valence-electron chi connectivity index (χ3n) is 4.04. The molecule has 0 aromatic heterocycles. The molecule has 0 radical (unpaired) electrons. The molecule has 194 valence electrons. The van der Waals surface area contributed by atoms with Crippen molar-refractivity contribution in [2.45, 2.75) is 6.61 Å². The molecule has 0 unspecified atom stereocenters. The van der Waals surface area contributed by atoms with Gasteiger partial charge >= 0.3 is 12.1 Å². The highest BCUT2D eigenvalue weighted by Gasteiger charge is 2.02. The fourth-order valence-electron chi connectivity index (χ4n) is 2.31. The van der Waals surface area contributed by atoms with Gasteiger partial charge in [0.25, 0.3) is 0 Å². The van der Waals surface area contributed by atoms with Crippen molar-refractivity contribution < 1.29 is 47.5 Å². The third-order valence-corrected chi connectivity index (χ3v) is 4.04. The lowest BCUT2D eigenvalue weighted by atomic mass is 10.2. The average Bonchev–Trinajstić information content (AvgIpc) is 2.86. The number of ether oxygens (including phenoxy) is 8. The Morgan fingerprint density at radius 1 is 0.676 bits per heavy atom. The largest absolute Gasteiger partial charge is 0.467 e. The minimum Gasteiger partial charge on any atom is -0.467 e. The summed E-state index contributed by atoms with van der Waals surface area (Å²) in [7, 11) is 1.31. The summed E-state index contributed by atoms with van der Waals surface area (Å²) < 4.78 is 41.4. The molecule has 0 saturated heterocycles. The summed E-state index contributed by atoms with van der Waals surface area (Å²) in [6, 6.07) is 9.48. The monoisotopic (exact) mass is 487 g/mol. The summed E-state index contributed by atoms with van der Waals surface area (Å²) in [5, 5.41) is 2.63. The number of carbonyl (C=O) groups excluding carboxylic acids is 2. The van der Waals surface area contributed by atoms with Gasteiger partial charge in [0.2, 0.25) is 0 Å². The number of esters is 1. The molecule has 1 aromatic carbocycles. The van der Waals surface area contributed by atoms with Gasteiger partial charge in [0, 0.05) is 6.54 Å². The highest BCUT2D eigenvalue weighted by atomic mass is 16.6. The van der Waals surface area contributed by atoms with Crippen LogP contribution >= 0.6 is 0 Å². The number of carbonyl (C=O) groups is 2. The van der Waals surface area contributed by atoms with Crippen molar-refractivity contribution in [2.24, 2.45) is 0 Å². The van der Waals surface area contributed by atoms with Crippen LogP contribution in [0.4, 0.5) is 4.79 Å². The molecule has 0 heterocycles. The van der Waals surface area contributed by atoms with Gasteiger partial charge in [-0.05, 0) is 5.56 Å². The van der Waals surface area contributed by atoms with E-state index in [9.17, 15) is 9.59 Å². The fourth-order valence-corrected chi connectivity index (χ4v) is 2.31. The van der Waals surface area contributed by atoms with Gasteiger partial charge in [-0.2, -0.15) is 0 Å². The van der Waals surface area contributed by atoms with Crippen molar-refractivity contribution in [1.82, 2.24) is 5.32 Å². The van der Waals surface area contributed by atoms with Crippen molar-refractivity contribution in [2.75, 3.05) is 92.9 Å². The Balaban J connectivity index is 1.71. The van der Waals surface area contributed by atoms with Gasteiger partial charge in [-0.15, -0.1) is 0 Å². The molecule has 34 heavy (non-hydrogen) atoms. The summed E-state index contributed by atoms with van der Waals surface area (Å²) in [5.41, 5.74) is 0.935. The molecule has 0 atom stereocenters. The number of nitrogens with one attached hydrogen (secondary N) is 1. The molecule has 0 aliphatic heterocycles. The van der Waals surface area contributed by atoms with Gasteiger partial charge in [0.15, 0.2) is 0 Å². The maximum Gasteiger partial charge on any atom is 0.407 e. The molecule has 0 aliphatic carbocycles. The van der Waals surface area contributed by atoms with Crippen molar-refractivity contribution in [3.8, 4) is 0 Å². The molecular weight excluding hydrogens is 450 g/mol. The minimum absolute atomic E-state index is 0.0736. The quantitative estimate of drug-likeness (QED) is 0.189. The molecule has 1 amide bonds. The maximum absolute atomic E-state index is 11.6. The van der Waals surface area contributed by atoms with E-state index in [1.807, 2.05) is 30.3 Å². The molecule has 1 N–H and O–H groups in total. The maximum atomic E-state index is 11.6. The second-order valence-electron chi connectivity index (χ2n) is 6.68. The Labute approximate surface area is 200 Å². The van der Waals surface area contributed by atoms with Crippen LogP contribution in [0.15, 0.2) is 30.3 Å². The highest BCUT2D eigenvalue weighted by molar-refractivity contribution is 5.70. The number of hydrogen-bond acceptors (Lipinski definition) is 10. The van der Waals surface area contributed by atoms with Crippen molar-refractivity contribution >= 4 is 12.1 Å². The number of methoxy groups -OCH3 is 1. The van der Waals surface area contributed by atoms with Crippen LogP contribution < -0.4 is 5.32 Å². The van der Waals surface area contributed by atoms with E-state index in [1.165, 1.54) is 7.11 Å². The molecule has 11 heteroatoms. The van der Waals surface area contributed by atoms with E-state index >= 15 is 0 Å². The number of alkyl carbamates (subject to hydrolysis) is 1. The standard InChI is InChI=1S/C23H37NO10/c1-27-22(25)20-33-18-17-32-16-15-31-14-13-30-12-11-29-10-9-28-8-7-24-23(26)34-19-21-5-3-2-4-6-21/h2-6H,7-20H2,1H3,(H,24,26). The predicted octanol–water partition coefficient (Wildman–Crippen LogP) is 1.19. The summed E-state index contributed by atoms with van der Waals surface area (Å²) >= 11 is 0. The van der Waals surface area contributed by atoms with E-state index in [4.69, 9.17) is 33.2 Å². The van der Waals surface area contributed by atoms with Crippen molar-refractivity contribution in [1.29, 1.82) is 0 Å². The number of hydrogen-bond donors (Lipinski definition) is 1. The van der Waals surface area contributed by atoms with E-state index in [1.54, 1.807) is 0 Å². The van der Waals surface area contributed by atoms with E-state index < -0.39 is 12.1 Å². The van der Waals surface area contributed by atoms with E-state index in [0.29, 0.717) is 79.2 Å². The third kappa shape index (κ3) is 19.2. The van der Waals surface area contributed by atoms with Gasteiger partial charge in [-0.25, -0.2) is 9.59 Å². The molecule has 1 aromatic rings. The number of amides is 1. The minimum atomic E-state index is -0.473. The summed E-state index contributed by atoms with van der Waals surface area (Å²) in [6.45, 7) is 5.23. The van der Waals surface area contributed by atoms with Gasteiger partial charge in [-0.3, -0.25) is 0 Å². The second kappa shape index (κ2) is 22.5. The molecule has 11 nitrogen and oxygen atoms in total. The lowest BCUT2D eigenvalue weighted by Crippen LogP contribution is -2.28. The first-order chi connectivity index (χ1) is 16.7. The first-order valence-corrected chi connectivity index (χ1v) is 11.2. The number of benzene rings is 1. The summed E-state index contributed by atoms with van der Waals surface area (Å²) in [4.78, 5) is 22.4. The van der Waals surface area contributed by atoms with Crippen LogP contribution in [0.25, 0.3) is 0 Å². The zero-order chi connectivity index (χ0) is 24.5. The Morgan fingerprint density at radius 2 is 1.15 bits per heavy atom. The summed E-state index contributed by atoms with van der Waals surface area (Å²) in [6.07, 6.45) is -0.473. The van der Waals surface area contributed by atoms with Gasteiger partial charge in [0.05, 0.1) is 79.8 Å². The fraction of sp³-hybridized carbons (Fsp3) is 0.652. The first kappa shape index (κ1) is 29.8. The average molecular weight is 488 g/mol. The molecule has 0 bridgehead atoms. The molecule has 1 rings (SSSR count). The van der Waals surface area contributed by atoms with E-state index in [-0.39, 0.29) is 13.2 Å². The highest BCUT2D eigenvalue weighted by Crippen LogP contribution is 2.00. The van der Waals surface area contributed by atoms with Crippen LogP contribution in [0.1, 0.15) is 5.56 Å². The van der Waals surface area contributed by atoms with Gasteiger partial charge in [-0.1, -0.05) is 30.3 Å². The molecule has 0 fully saturated rings. The zero-order valence-electron chi connectivity index (χ0n) is 19.9. The topological polar surface area (TPSA) is 120 Å². The SMILES string of the molecule is COC(=O)COCCOCCOCCOCCOCCOCCNC(=O)OCc1ccccc1. The molecule has 0 spiro atoms. The van der Waals surface area contributed by atoms with E-state index in [2.05, 4.69) is 10.1 Å². The van der Waals surface area contributed by atoms with Gasteiger partial charge < -0.3 is 43.2 Å². The Hall–Kier alpha value is -2.28. The number of rotatable bonds is 22. The normalized spacial score (nSPS) is 10.7. The van der Waals surface area contributed by atoms with Gasteiger partial charge in [0.1, 0.15) is 13.2 Å². The lowest BCUT2D eigenvalue weighted by Gasteiger charge is -2.09. The Kier molecular flexibility index (Phi) is 19.7. The van der Waals surface area contributed by atoms with Crippen LogP contribution in [0.5, 0.6) is 0 Å². The second-order valence-corrected chi connectivity index (χ2v) is 6.68. The van der Waals surface area contributed by atoms with Crippen LogP contribution in [0.3, 0.4) is 0 Å². The molecular formula is C23H37NO10. The summed E-state index contributed by atoms with van der Waals surface area (Å²) in [5.74, 6) is -0.412. The molecule has 0 saturated carbocycles. The van der Waals surface area contributed by atoms with Crippen molar-refractivity contribution in [3.63, 3.8) is 0 Å². The smallest absolute Gasteiger partial charge is 0.407 e.